The third-order valence-corrected chi connectivity index (χ3v) is 6.25. The minimum absolute atomic E-state index is 0.00223. The second-order valence-corrected chi connectivity index (χ2v) is 8.44. The molecule has 3 atom stereocenters. The van der Waals surface area contributed by atoms with Gasteiger partial charge < -0.3 is 21.1 Å². The summed E-state index contributed by atoms with van der Waals surface area (Å²) in [5.41, 5.74) is 6.63. The van der Waals surface area contributed by atoms with Crippen molar-refractivity contribution in [2.24, 2.45) is 0 Å². The number of nitrogens with zero attached hydrogens (tertiary/aromatic N) is 2. The lowest BCUT2D eigenvalue weighted by Crippen LogP contribution is -2.70. The first-order chi connectivity index (χ1) is 10.7. The summed E-state index contributed by atoms with van der Waals surface area (Å²) in [6, 6.07) is -1.58. The van der Waals surface area contributed by atoms with E-state index in [-0.39, 0.29) is 23.6 Å². The van der Waals surface area contributed by atoms with E-state index in [0.717, 1.165) is 0 Å². The van der Waals surface area contributed by atoms with Crippen LogP contribution < -0.4 is 11.1 Å². The number of hydrogen-bond donors (Lipinski definition) is 3. The predicted octanol–water partition coefficient (Wildman–Crippen LogP) is -0.100. The molecule has 0 aliphatic carbocycles. The number of anilines is 1. The van der Waals surface area contributed by atoms with Crippen molar-refractivity contribution in [2.45, 2.75) is 42.5 Å². The van der Waals surface area contributed by atoms with Gasteiger partial charge in [-0.05, 0) is 25.4 Å². The van der Waals surface area contributed by atoms with Gasteiger partial charge in [-0.3, -0.25) is 9.59 Å². The summed E-state index contributed by atoms with van der Waals surface area (Å²) in [4.78, 5) is 37.1. The molecule has 3 heterocycles. The van der Waals surface area contributed by atoms with Gasteiger partial charge in [0.15, 0.2) is 0 Å². The van der Waals surface area contributed by atoms with Crippen molar-refractivity contribution >= 4 is 46.8 Å². The average Bonchev–Trinajstić information content (AvgIpc) is 2.95. The maximum Gasteiger partial charge on any atom is 0.327 e. The van der Waals surface area contributed by atoms with Crippen LogP contribution in [0.5, 0.6) is 0 Å². The van der Waals surface area contributed by atoms with Crippen LogP contribution in [0.2, 0.25) is 0 Å². The van der Waals surface area contributed by atoms with Gasteiger partial charge in [0.25, 0.3) is 0 Å². The minimum Gasteiger partial charge on any atom is -0.480 e. The van der Waals surface area contributed by atoms with Crippen molar-refractivity contribution < 1.29 is 19.5 Å². The van der Waals surface area contributed by atoms with Crippen LogP contribution in [0.15, 0.2) is 5.38 Å². The Morgan fingerprint density at radius 1 is 1.52 bits per heavy atom. The van der Waals surface area contributed by atoms with E-state index in [1.54, 1.807) is 19.2 Å². The Morgan fingerprint density at radius 3 is 2.78 bits per heavy atom. The summed E-state index contributed by atoms with van der Waals surface area (Å²) in [6.45, 7) is 3.58. The van der Waals surface area contributed by atoms with Crippen LogP contribution in [0.25, 0.3) is 0 Å². The lowest BCUT2D eigenvalue weighted by Gasteiger charge is -2.43. The Labute approximate surface area is 140 Å². The Kier molecular flexibility index (Phi) is 3.75. The number of carbonyl (C=O) groups is 3. The molecule has 0 spiro atoms. The zero-order valence-corrected chi connectivity index (χ0v) is 14.1. The topological polar surface area (TPSA) is 126 Å². The second kappa shape index (κ2) is 5.38. The van der Waals surface area contributed by atoms with Crippen molar-refractivity contribution in [2.75, 3.05) is 5.73 Å². The normalized spacial score (nSPS) is 28.2. The number of carboxylic acid groups (broad SMARTS) is 1. The highest BCUT2D eigenvalue weighted by Gasteiger charge is 2.64. The molecule has 3 rings (SSSR count). The van der Waals surface area contributed by atoms with Gasteiger partial charge in [0.2, 0.25) is 11.8 Å². The fraction of sp³-hybridized carbons (Fsp3) is 0.538. The number of amides is 2. The summed E-state index contributed by atoms with van der Waals surface area (Å²) in [5.74, 6) is -1.74. The fourth-order valence-corrected chi connectivity index (χ4v) is 5.15. The number of rotatable bonds is 4. The first-order valence-corrected chi connectivity index (χ1v) is 8.65. The Bertz CT molecular complexity index is 689. The molecule has 2 aliphatic heterocycles. The molecule has 23 heavy (non-hydrogen) atoms. The third kappa shape index (κ3) is 2.55. The highest BCUT2D eigenvalue weighted by Crippen LogP contribution is 2.50. The molecule has 0 bridgehead atoms. The van der Waals surface area contributed by atoms with E-state index in [1.807, 2.05) is 0 Å². The molecule has 1 aromatic rings. The highest BCUT2D eigenvalue weighted by atomic mass is 32.2. The highest BCUT2D eigenvalue weighted by molar-refractivity contribution is 8.01. The average molecular weight is 356 g/mol. The fourth-order valence-electron chi connectivity index (χ4n) is 2.92. The summed E-state index contributed by atoms with van der Waals surface area (Å²) in [7, 11) is 0. The maximum absolute atomic E-state index is 12.2. The van der Waals surface area contributed by atoms with Crippen molar-refractivity contribution in [1.29, 1.82) is 0 Å². The van der Waals surface area contributed by atoms with E-state index in [1.165, 1.54) is 28.2 Å². The van der Waals surface area contributed by atoms with Crippen molar-refractivity contribution in [3.63, 3.8) is 0 Å². The number of nitrogens with two attached hydrogens (primary N) is 1. The van der Waals surface area contributed by atoms with Gasteiger partial charge in [0.1, 0.15) is 17.5 Å². The third-order valence-electron chi connectivity index (χ3n) is 4.00. The standard InChI is InChI=1S/C13H16N4O4S2/c1-13(2)9(12(20)21)17-10(19)8(11(17)23-13)15-7(18)3-6-5(14)4-22-16-6/h4,8-9,11H,3,14H2,1-2H3,(H,15,18)(H,20,21)/t8?,9-,11+/m0/s1. The number of nitrogens with one attached hydrogen (secondary N) is 1. The Morgan fingerprint density at radius 2 is 2.22 bits per heavy atom. The number of aromatic nitrogens is 1. The largest absolute Gasteiger partial charge is 0.480 e. The molecule has 4 N–H and O–H groups in total. The van der Waals surface area contributed by atoms with E-state index >= 15 is 0 Å². The van der Waals surface area contributed by atoms with E-state index in [0.29, 0.717) is 11.4 Å². The van der Waals surface area contributed by atoms with Crippen molar-refractivity contribution in [3.05, 3.63) is 11.1 Å². The van der Waals surface area contributed by atoms with Crippen molar-refractivity contribution in [3.8, 4) is 0 Å². The van der Waals surface area contributed by atoms with E-state index < -0.39 is 22.8 Å². The van der Waals surface area contributed by atoms with Crippen molar-refractivity contribution in [1.82, 2.24) is 14.6 Å². The van der Waals surface area contributed by atoms with E-state index in [9.17, 15) is 19.5 Å². The minimum atomic E-state index is -1.03. The predicted molar refractivity (Wildman–Crippen MR) is 85.9 cm³/mol. The number of β-lactam (4-membered cyclic amide) rings is 1. The number of thioether (sulfide) groups is 1. The zero-order valence-electron chi connectivity index (χ0n) is 12.5. The summed E-state index contributed by atoms with van der Waals surface area (Å²) in [5, 5.41) is 13.3. The lowest BCUT2D eigenvalue weighted by molar-refractivity contribution is -0.161. The molecule has 0 saturated carbocycles. The number of aliphatic carboxylic acids is 1. The first-order valence-electron chi connectivity index (χ1n) is 6.93. The number of carboxylic acids is 1. The molecule has 10 heteroatoms. The molecule has 2 saturated heterocycles. The molecule has 2 fully saturated rings. The number of carbonyl (C=O) groups excluding carboxylic acids is 2. The Hall–Kier alpha value is -1.81. The summed E-state index contributed by atoms with van der Waals surface area (Å²) < 4.78 is 3.42. The molecule has 0 aromatic carbocycles. The smallest absolute Gasteiger partial charge is 0.327 e. The quantitative estimate of drug-likeness (QED) is 0.643. The number of nitrogen functional groups attached to an aromatic ring is 1. The molecule has 1 unspecified atom stereocenters. The molecule has 2 aliphatic rings. The molecule has 2 amide bonds. The first kappa shape index (κ1) is 16.1. The molecule has 124 valence electrons. The van der Waals surface area contributed by atoms with Crippen LogP contribution in [-0.2, 0) is 20.8 Å². The van der Waals surface area contributed by atoms with Gasteiger partial charge >= 0.3 is 5.97 Å². The van der Waals surface area contributed by atoms with E-state index in [4.69, 9.17) is 5.73 Å². The van der Waals surface area contributed by atoms with Crippen LogP contribution in [0, 0.1) is 0 Å². The molecule has 0 radical (unpaired) electrons. The zero-order chi connectivity index (χ0) is 16.9. The molecule has 1 aromatic heterocycles. The van der Waals surface area contributed by atoms with Gasteiger partial charge in [-0.2, -0.15) is 4.37 Å². The summed E-state index contributed by atoms with van der Waals surface area (Å²) >= 11 is 2.56. The summed E-state index contributed by atoms with van der Waals surface area (Å²) in [6.07, 6.45) is 0.00223. The lowest BCUT2D eigenvalue weighted by atomic mass is 9.96. The molecule has 8 nitrogen and oxygen atoms in total. The molecular weight excluding hydrogens is 340 g/mol. The van der Waals surface area contributed by atoms with Crippen LogP contribution in [0.4, 0.5) is 5.69 Å². The van der Waals surface area contributed by atoms with Crippen LogP contribution in [-0.4, -0.2) is 54.4 Å². The SMILES string of the molecule is CC1(C)S[C@@H]2C(NC(=O)Cc3nscc3N)C(=O)N2[C@H]1C(=O)O. The van der Waals surface area contributed by atoms with Gasteiger partial charge in [0.05, 0.1) is 17.8 Å². The maximum atomic E-state index is 12.2. The Balaban J connectivity index is 1.68. The number of fused-ring (bicyclic) bond motifs is 1. The second-order valence-electron chi connectivity index (χ2n) is 6.04. The van der Waals surface area contributed by atoms with Gasteiger partial charge in [-0.15, -0.1) is 11.8 Å². The monoisotopic (exact) mass is 356 g/mol. The van der Waals surface area contributed by atoms with Gasteiger partial charge in [0, 0.05) is 10.1 Å². The molecular formula is C13H16N4O4S2. The van der Waals surface area contributed by atoms with E-state index in [2.05, 4.69) is 9.69 Å². The van der Waals surface area contributed by atoms with Gasteiger partial charge in [-0.25, -0.2) is 4.79 Å². The van der Waals surface area contributed by atoms with Gasteiger partial charge in [-0.1, -0.05) is 0 Å². The van der Waals surface area contributed by atoms with Crippen LogP contribution in [0.3, 0.4) is 0 Å². The number of hydrogen-bond acceptors (Lipinski definition) is 7. The van der Waals surface area contributed by atoms with Crippen LogP contribution >= 0.6 is 23.3 Å². The van der Waals surface area contributed by atoms with Crippen LogP contribution in [0.1, 0.15) is 19.5 Å².